The van der Waals surface area contributed by atoms with Gasteiger partial charge in [-0.15, -0.1) is 0 Å². The number of aldehydes is 1. The van der Waals surface area contributed by atoms with Gasteiger partial charge in [-0.25, -0.2) is 4.79 Å². The van der Waals surface area contributed by atoms with E-state index in [0.29, 0.717) is 12.0 Å². The van der Waals surface area contributed by atoms with Crippen molar-refractivity contribution in [2.45, 2.75) is 45.8 Å². The van der Waals surface area contributed by atoms with Crippen molar-refractivity contribution in [3.8, 4) is 0 Å². The Balaban J connectivity index is 2.96. The lowest BCUT2D eigenvalue weighted by Gasteiger charge is -2.26. The maximum absolute atomic E-state index is 11.8. The molecule has 6 nitrogen and oxygen atoms in total. The molecule has 6 heteroatoms. The van der Waals surface area contributed by atoms with Crippen molar-refractivity contribution < 1.29 is 14.3 Å². The maximum atomic E-state index is 11.8. The molecule has 1 aromatic rings. The van der Waals surface area contributed by atoms with E-state index in [1.807, 2.05) is 6.92 Å². The fourth-order valence-electron chi connectivity index (χ4n) is 1.78. The fourth-order valence-corrected chi connectivity index (χ4v) is 1.78. The molecule has 0 fully saturated rings. The van der Waals surface area contributed by atoms with Gasteiger partial charge < -0.3 is 14.8 Å². The van der Waals surface area contributed by atoms with Crippen LogP contribution in [-0.4, -0.2) is 27.8 Å². The molecule has 1 amide bonds. The van der Waals surface area contributed by atoms with Gasteiger partial charge in [0.25, 0.3) is 0 Å². The van der Waals surface area contributed by atoms with Gasteiger partial charge in [0.1, 0.15) is 11.1 Å². The molecule has 0 spiro atoms. The van der Waals surface area contributed by atoms with Crippen molar-refractivity contribution in [2.75, 3.05) is 0 Å². The largest absolute Gasteiger partial charge is 0.444 e. The number of rotatable bonds is 3. The van der Waals surface area contributed by atoms with E-state index in [9.17, 15) is 9.59 Å². The van der Waals surface area contributed by atoms with E-state index in [-0.39, 0.29) is 0 Å². The van der Waals surface area contributed by atoms with Crippen molar-refractivity contribution in [3.63, 3.8) is 0 Å². The number of nitrogens with one attached hydrogen (secondary N) is 1. The molecule has 1 N–H and O–H groups in total. The third-order valence-electron chi connectivity index (χ3n) is 2.50. The summed E-state index contributed by atoms with van der Waals surface area (Å²) in [5.74, 6) is 0. The molecule has 0 bridgehead atoms. The molecule has 1 heterocycles. The van der Waals surface area contributed by atoms with Gasteiger partial charge in [-0.3, -0.25) is 4.68 Å². The van der Waals surface area contributed by atoms with Gasteiger partial charge in [-0.1, -0.05) is 0 Å². The van der Waals surface area contributed by atoms with Crippen molar-refractivity contribution in [1.29, 1.82) is 0 Å². The minimum absolute atomic E-state index is 0.510. The minimum Gasteiger partial charge on any atom is -0.444 e. The lowest BCUT2D eigenvalue weighted by atomic mass is 9.97. The highest BCUT2D eigenvalue weighted by Crippen LogP contribution is 2.21. The van der Waals surface area contributed by atoms with Crippen LogP contribution in [0.1, 0.15) is 39.0 Å². The van der Waals surface area contributed by atoms with Crippen molar-refractivity contribution in [1.82, 2.24) is 15.1 Å². The van der Waals surface area contributed by atoms with Crippen LogP contribution in [0.15, 0.2) is 6.20 Å². The second-order valence-corrected chi connectivity index (χ2v) is 5.78. The third kappa shape index (κ3) is 3.81. The van der Waals surface area contributed by atoms with E-state index in [1.165, 1.54) is 0 Å². The highest BCUT2D eigenvalue weighted by atomic mass is 16.6. The second-order valence-electron chi connectivity index (χ2n) is 5.78. The normalized spacial score (nSPS) is 14.6. The fraction of sp³-hybridized carbons (Fsp3) is 0.615. The first-order chi connectivity index (χ1) is 8.57. The lowest BCUT2D eigenvalue weighted by Crippen LogP contribution is -2.47. The lowest BCUT2D eigenvalue weighted by molar-refractivity contribution is -0.113. The van der Waals surface area contributed by atoms with Crippen molar-refractivity contribution in [3.05, 3.63) is 17.5 Å². The number of alkyl carbamates (subject to hydrolysis) is 1. The molecule has 0 radical (unpaired) electrons. The molecule has 0 saturated carbocycles. The highest BCUT2D eigenvalue weighted by Gasteiger charge is 2.34. The summed E-state index contributed by atoms with van der Waals surface area (Å²) < 4.78 is 6.76. The summed E-state index contributed by atoms with van der Waals surface area (Å²) >= 11 is 0. The molecular formula is C13H21N3O3. The molecule has 0 aromatic carbocycles. The van der Waals surface area contributed by atoms with Crippen LogP contribution in [0.4, 0.5) is 4.79 Å². The standard InChI is InChI=1S/C13H21N3O3/c1-9-7-16(6)15-10(9)13(5,8-17)14-11(18)19-12(2,3)4/h7-8H,1-6H3,(H,14,18). The number of hydrogen-bond acceptors (Lipinski definition) is 4. The first-order valence-electron chi connectivity index (χ1n) is 6.05. The molecule has 1 atom stereocenters. The van der Waals surface area contributed by atoms with Crippen LogP contribution in [-0.2, 0) is 22.1 Å². The zero-order valence-corrected chi connectivity index (χ0v) is 12.3. The van der Waals surface area contributed by atoms with E-state index in [4.69, 9.17) is 4.74 Å². The van der Waals surface area contributed by atoms with E-state index in [1.54, 1.807) is 45.6 Å². The Morgan fingerprint density at radius 2 is 2.00 bits per heavy atom. The number of carbonyl (C=O) groups excluding carboxylic acids is 2. The van der Waals surface area contributed by atoms with Gasteiger partial charge in [-0.2, -0.15) is 5.10 Å². The monoisotopic (exact) mass is 267 g/mol. The smallest absolute Gasteiger partial charge is 0.408 e. The minimum atomic E-state index is -1.20. The molecule has 0 aliphatic rings. The summed E-state index contributed by atoms with van der Waals surface area (Å²) in [7, 11) is 1.76. The molecule has 19 heavy (non-hydrogen) atoms. The van der Waals surface area contributed by atoms with E-state index >= 15 is 0 Å². The second kappa shape index (κ2) is 5.03. The third-order valence-corrected chi connectivity index (χ3v) is 2.50. The van der Waals surface area contributed by atoms with Crippen LogP contribution in [0, 0.1) is 6.92 Å². The zero-order chi connectivity index (χ0) is 14.8. The Labute approximate surface area is 113 Å². The van der Waals surface area contributed by atoms with Crippen LogP contribution < -0.4 is 5.32 Å². The molecule has 106 valence electrons. The van der Waals surface area contributed by atoms with Crippen molar-refractivity contribution >= 4 is 12.4 Å². The van der Waals surface area contributed by atoms with Crippen molar-refractivity contribution in [2.24, 2.45) is 7.05 Å². The Hall–Kier alpha value is -1.85. The topological polar surface area (TPSA) is 73.2 Å². The van der Waals surface area contributed by atoms with Gasteiger partial charge in [0.15, 0.2) is 6.29 Å². The summed E-state index contributed by atoms with van der Waals surface area (Å²) in [4.78, 5) is 23.2. The van der Waals surface area contributed by atoms with Gasteiger partial charge in [0, 0.05) is 13.2 Å². The van der Waals surface area contributed by atoms with Gasteiger partial charge in [0.2, 0.25) is 0 Å². The highest BCUT2D eigenvalue weighted by molar-refractivity contribution is 5.77. The van der Waals surface area contributed by atoms with E-state index in [0.717, 1.165) is 5.56 Å². The number of aromatic nitrogens is 2. The molecular weight excluding hydrogens is 246 g/mol. The van der Waals surface area contributed by atoms with E-state index in [2.05, 4.69) is 10.4 Å². The zero-order valence-electron chi connectivity index (χ0n) is 12.3. The molecule has 1 rings (SSSR count). The van der Waals surface area contributed by atoms with Crippen LogP contribution in [0.5, 0.6) is 0 Å². The Morgan fingerprint density at radius 3 is 2.37 bits per heavy atom. The average Bonchev–Trinajstić information content (AvgIpc) is 2.55. The number of nitrogens with zero attached hydrogens (tertiary/aromatic N) is 2. The molecule has 1 aromatic heterocycles. The van der Waals surface area contributed by atoms with Gasteiger partial charge in [-0.05, 0) is 40.2 Å². The SMILES string of the molecule is Cc1cn(C)nc1C(C)(C=O)NC(=O)OC(C)(C)C. The number of hydrogen-bond donors (Lipinski definition) is 1. The average molecular weight is 267 g/mol. The Bertz CT molecular complexity index is 488. The van der Waals surface area contributed by atoms with E-state index < -0.39 is 17.2 Å². The first-order valence-corrected chi connectivity index (χ1v) is 6.05. The predicted molar refractivity (Wildman–Crippen MR) is 70.7 cm³/mol. The van der Waals surface area contributed by atoms with Gasteiger partial charge >= 0.3 is 6.09 Å². The Morgan fingerprint density at radius 1 is 1.42 bits per heavy atom. The summed E-state index contributed by atoms with van der Waals surface area (Å²) in [6.07, 6.45) is 1.80. The number of ether oxygens (including phenoxy) is 1. The van der Waals surface area contributed by atoms with Crippen LogP contribution >= 0.6 is 0 Å². The number of amides is 1. The Kier molecular flexibility index (Phi) is 4.03. The summed E-state index contributed by atoms with van der Waals surface area (Å²) in [5, 5.41) is 6.78. The molecule has 0 saturated heterocycles. The summed E-state index contributed by atoms with van der Waals surface area (Å²) in [5.41, 5.74) is -0.482. The molecule has 0 aliphatic heterocycles. The maximum Gasteiger partial charge on any atom is 0.408 e. The quantitative estimate of drug-likeness (QED) is 0.845. The number of carbonyl (C=O) groups is 2. The van der Waals surface area contributed by atoms with Crippen LogP contribution in [0.3, 0.4) is 0 Å². The summed E-state index contributed by atoms with van der Waals surface area (Å²) in [6, 6.07) is 0. The van der Waals surface area contributed by atoms with Crippen LogP contribution in [0.25, 0.3) is 0 Å². The first kappa shape index (κ1) is 15.2. The van der Waals surface area contributed by atoms with Gasteiger partial charge in [0.05, 0.1) is 5.69 Å². The molecule has 0 aliphatic carbocycles. The van der Waals surface area contributed by atoms with Crippen LogP contribution in [0.2, 0.25) is 0 Å². The predicted octanol–water partition coefficient (Wildman–Crippen LogP) is 1.67. The summed E-state index contributed by atoms with van der Waals surface area (Å²) in [6.45, 7) is 8.71. The number of aryl methyl sites for hydroxylation is 2. The molecule has 1 unspecified atom stereocenters.